The third kappa shape index (κ3) is 4.39. The number of hydrogen-bond acceptors (Lipinski definition) is 2. The van der Waals surface area contributed by atoms with Crippen molar-refractivity contribution in [2.24, 2.45) is 0 Å². The highest BCUT2D eigenvalue weighted by Gasteiger charge is 2.05. The second-order valence-corrected chi connectivity index (χ2v) is 4.77. The van der Waals surface area contributed by atoms with E-state index in [1.165, 1.54) is 0 Å². The van der Waals surface area contributed by atoms with Crippen molar-refractivity contribution >= 4 is 23.3 Å². The van der Waals surface area contributed by atoms with Gasteiger partial charge >= 0.3 is 6.03 Å². The smallest absolute Gasteiger partial charge is 0.321 e. The van der Waals surface area contributed by atoms with Crippen LogP contribution in [-0.2, 0) is 6.42 Å². The van der Waals surface area contributed by atoms with Crippen molar-refractivity contribution in [2.75, 3.05) is 12.0 Å². The fraction of sp³-hybridized carbons (Fsp3) is 0.188. The first-order chi connectivity index (χ1) is 10.2. The van der Waals surface area contributed by atoms with Crippen molar-refractivity contribution in [1.29, 1.82) is 0 Å². The first kappa shape index (κ1) is 15.2. The Labute approximate surface area is 129 Å². The number of rotatable bonds is 5. The molecule has 2 N–H and O–H groups in total. The Morgan fingerprint density at radius 3 is 2.62 bits per heavy atom. The number of carbonyl (C=O) groups is 1. The van der Waals surface area contributed by atoms with Gasteiger partial charge in [-0.1, -0.05) is 48.9 Å². The molecule has 0 unspecified atom stereocenters. The van der Waals surface area contributed by atoms with Crippen molar-refractivity contribution in [1.82, 2.24) is 5.32 Å². The summed E-state index contributed by atoms with van der Waals surface area (Å²) in [6.07, 6.45) is 0.877. The molecule has 2 aromatic carbocycles. The number of ether oxygens (including phenoxy) is 1. The molecule has 0 heterocycles. The highest BCUT2D eigenvalue weighted by Crippen LogP contribution is 2.20. The summed E-state index contributed by atoms with van der Waals surface area (Å²) in [6, 6.07) is 14.4. The minimum atomic E-state index is -0.364. The van der Waals surface area contributed by atoms with Crippen LogP contribution >= 0.6 is 11.6 Å². The predicted octanol–water partition coefficient (Wildman–Crippen LogP) is 4.06. The molecule has 0 aliphatic carbocycles. The Hall–Kier alpha value is -2.20. The molecular formula is C16H17ClN2O2. The number of aryl methyl sites for hydroxylation is 1. The predicted molar refractivity (Wildman–Crippen MR) is 84.9 cm³/mol. The number of urea groups is 1. The lowest BCUT2D eigenvalue weighted by atomic mass is 10.1. The lowest BCUT2D eigenvalue weighted by Gasteiger charge is -2.12. The number of carbonyl (C=O) groups excluding carboxylic acids is 1. The highest BCUT2D eigenvalue weighted by molar-refractivity contribution is 6.33. The molecule has 0 radical (unpaired) electrons. The molecule has 2 aromatic rings. The fourth-order valence-corrected chi connectivity index (χ4v) is 2.03. The van der Waals surface area contributed by atoms with Gasteiger partial charge in [0.25, 0.3) is 0 Å². The number of para-hydroxylation sites is 2. The monoisotopic (exact) mass is 304 g/mol. The summed E-state index contributed by atoms with van der Waals surface area (Å²) in [5, 5.41) is 5.78. The van der Waals surface area contributed by atoms with Gasteiger partial charge in [-0.3, -0.25) is 0 Å². The van der Waals surface area contributed by atoms with Crippen LogP contribution in [0.25, 0.3) is 0 Å². The van der Waals surface area contributed by atoms with E-state index in [-0.39, 0.29) is 12.8 Å². The molecule has 0 fully saturated rings. The van der Waals surface area contributed by atoms with E-state index in [0.29, 0.717) is 10.7 Å². The lowest BCUT2D eigenvalue weighted by molar-refractivity contribution is 0.234. The Morgan fingerprint density at radius 1 is 1.14 bits per heavy atom. The third-order valence-corrected chi connectivity index (χ3v) is 3.27. The van der Waals surface area contributed by atoms with Crippen LogP contribution in [0, 0.1) is 0 Å². The molecule has 0 aliphatic heterocycles. The van der Waals surface area contributed by atoms with E-state index >= 15 is 0 Å². The quantitative estimate of drug-likeness (QED) is 0.818. The molecule has 0 saturated heterocycles. The number of amides is 2. The van der Waals surface area contributed by atoms with Crippen LogP contribution in [0.5, 0.6) is 5.75 Å². The average molecular weight is 305 g/mol. The molecule has 0 atom stereocenters. The summed E-state index contributed by atoms with van der Waals surface area (Å²) < 4.78 is 5.56. The van der Waals surface area contributed by atoms with E-state index < -0.39 is 0 Å². The number of halogens is 1. The number of hydrogen-bond donors (Lipinski definition) is 2. The van der Waals surface area contributed by atoms with Gasteiger partial charge in [0.2, 0.25) is 0 Å². The highest BCUT2D eigenvalue weighted by atomic mass is 35.5. The van der Waals surface area contributed by atoms with Gasteiger partial charge in [0.15, 0.2) is 6.73 Å². The summed E-state index contributed by atoms with van der Waals surface area (Å²) in [5.41, 5.74) is 1.66. The van der Waals surface area contributed by atoms with E-state index in [1.54, 1.807) is 24.3 Å². The van der Waals surface area contributed by atoms with Crippen molar-refractivity contribution in [3.8, 4) is 5.75 Å². The molecule has 0 bridgehead atoms. The molecule has 110 valence electrons. The average Bonchev–Trinajstić information content (AvgIpc) is 2.50. The van der Waals surface area contributed by atoms with Gasteiger partial charge in [0.1, 0.15) is 5.75 Å². The van der Waals surface area contributed by atoms with E-state index in [2.05, 4.69) is 17.6 Å². The minimum absolute atomic E-state index is 0.0906. The molecule has 0 spiro atoms. The first-order valence-corrected chi connectivity index (χ1v) is 7.08. The molecular weight excluding hydrogens is 288 g/mol. The SMILES string of the molecule is CCc1ccccc1OCNC(=O)Nc1ccccc1Cl. The third-order valence-electron chi connectivity index (χ3n) is 2.94. The Balaban J connectivity index is 1.83. The van der Waals surface area contributed by atoms with E-state index in [9.17, 15) is 4.79 Å². The molecule has 2 amide bonds. The largest absolute Gasteiger partial charge is 0.473 e. The molecule has 0 aliphatic rings. The number of benzene rings is 2. The van der Waals surface area contributed by atoms with Crippen molar-refractivity contribution < 1.29 is 9.53 Å². The normalized spacial score (nSPS) is 10.0. The zero-order valence-electron chi connectivity index (χ0n) is 11.7. The zero-order chi connectivity index (χ0) is 15.1. The standard InChI is InChI=1S/C16H17ClN2O2/c1-2-12-7-3-6-10-15(12)21-11-18-16(20)19-14-9-5-4-8-13(14)17/h3-10H,2,11H2,1H3,(H2,18,19,20). The van der Waals surface area contributed by atoms with Gasteiger partial charge in [-0.05, 0) is 30.2 Å². The topological polar surface area (TPSA) is 50.4 Å². The van der Waals surface area contributed by atoms with Crippen LogP contribution in [-0.4, -0.2) is 12.8 Å². The van der Waals surface area contributed by atoms with E-state index in [0.717, 1.165) is 17.7 Å². The van der Waals surface area contributed by atoms with Crippen molar-refractivity contribution in [3.05, 3.63) is 59.1 Å². The van der Waals surface area contributed by atoms with Crippen LogP contribution in [0.3, 0.4) is 0 Å². The Kier molecular flexibility index (Phi) is 5.46. The molecule has 21 heavy (non-hydrogen) atoms. The molecule has 2 rings (SSSR count). The van der Waals surface area contributed by atoms with Crippen LogP contribution in [0.2, 0.25) is 5.02 Å². The van der Waals surface area contributed by atoms with E-state index in [1.807, 2.05) is 24.3 Å². The summed E-state index contributed by atoms with van der Waals surface area (Å²) in [5.74, 6) is 0.776. The maximum atomic E-state index is 11.7. The molecule has 0 saturated carbocycles. The van der Waals surface area contributed by atoms with Crippen LogP contribution in [0.4, 0.5) is 10.5 Å². The van der Waals surface area contributed by atoms with Gasteiger partial charge in [0.05, 0.1) is 10.7 Å². The van der Waals surface area contributed by atoms with Gasteiger partial charge < -0.3 is 15.4 Å². The summed E-state index contributed by atoms with van der Waals surface area (Å²) in [6.45, 7) is 2.15. The summed E-state index contributed by atoms with van der Waals surface area (Å²) in [7, 11) is 0. The Morgan fingerprint density at radius 2 is 1.86 bits per heavy atom. The summed E-state index contributed by atoms with van der Waals surface area (Å²) in [4.78, 5) is 11.7. The fourth-order valence-electron chi connectivity index (χ4n) is 1.85. The van der Waals surface area contributed by atoms with Crippen LogP contribution in [0.1, 0.15) is 12.5 Å². The van der Waals surface area contributed by atoms with Gasteiger partial charge in [0, 0.05) is 0 Å². The van der Waals surface area contributed by atoms with Crippen molar-refractivity contribution in [3.63, 3.8) is 0 Å². The number of nitrogens with one attached hydrogen (secondary N) is 2. The molecule has 5 heteroatoms. The van der Waals surface area contributed by atoms with Gasteiger partial charge in [-0.2, -0.15) is 0 Å². The second-order valence-electron chi connectivity index (χ2n) is 4.36. The first-order valence-electron chi connectivity index (χ1n) is 6.70. The van der Waals surface area contributed by atoms with Crippen LogP contribution in [0.15, 0.2) is 48.5 Å². The lowest BCUT2D eigenvalue weighted by Crippen LogP contribution is -2.32. The Bertz CT molecular complexity index is 617. The van der Waals surface area contributed by atoms with Crippen LogP contribution < -0.4 is 15.4 Å². The maximum absolute atomic E-state index is 11.7. The van der Waals surface area contributed by atoms with Gasteiger partial charge in [-0.15, -0.1) is 0 Å². The van der Waals surface area contributed by atoms with E-state index in [4.69, 9.17) is 16.3 Å². The van der Waals surface area contributed by atoms with Gasteiger partial charge in [-0.25, -0.2) is 4.79 Å². The molecule has 0 aromatic heterocycles. The number of anilines is 1. The summed E-state index contributed by atoms with van der Waals surface area (Å²) >= 11 is 5.96. The maximum Gasteiger partial charge on any atom is 0.321 e. The van der Waals surface area contributed by atoms with Crippen molar-refractivity contribution in [2.45, 2.75) is 13.3 Å². The zero-order valence-corrected chi connectivity index (χ0v) is 12.5. The second kappa shape index (κ2) is 7.55. The molecule has 4 nitrogen and oxygen atoms in total. The minimum Gasteiger partial charge on any atom is -0.473 e.